The lowest BCUT2D eigenvalue weighted by atomic mass is 9.86. The number of fused-ring (bicyclic) bond motifs is 3. The molecule has 0 amide bonds. The minimum Gasteiger partial charge on any atom is -0.455 e. The molecular weight excluding hydrogens is 352 g/mol. The van der Waals surface area contributed by atoms with E-state index in [1.54, 1.807) is 0 Å². The fraction of sp³-hybridized carbons (Fsp3) is 0.143. The molecule has 1 heteroatoms. The molecule has 0 aliphatic heterocycles. The molecule has 29 heavy (non-hydrogen) atoms. The van der Waals surface area contributed by atoms with Gasteiger partial charge in [0.1, 0.15) is 11.2 Å². The van der Waals surface area contributed by atoms with Crippen molar-refractivity contribution in [2.24, 2.45) is 0 Å². The summed E-state index contributed by atoms with van der Waals surface area (Å²) in [4.78, 5) is 0. The van der Waals surface area contributed by atoms with Gasteiger partial charge in [-0.1, -0.05) is 99.6 Å². The molecule has 1 nitrogen and oxygen atoms in total. The third kappa shape index (κ3) is 3.13. The highest BCUT2D eigenvalue weighted by atomic mass is 16.3. The Hall–Kier alpha value is -3.32. The third-order valence-electron chi connectivity index (χ3n) is 5.65. The van der Waals surface area contributed by atoms with Crippen LogP contribution in [0.4, 0.5) is 0 Å². The van der Waals surface area contributed by atoms with Gasteiger partial charge in [-0.3, -0.25) is 0 Å². The minimum absolute atomic E-state index is 0.0972. The maximum Gasteiger partial charge on any atom is 0.143 e. The number of benzene rings is 4. The molecule has 142 valence electrons. The molecule has 5 rings (SSSR count). The van der Waals surface area contributed by atoms with Crippen LogP contribution in [-0.4, -0.2) is 0 Å². The molecule has 0 saturated heterocycles. The van der Waals surface area contributed by atoms with Crippen LogP contribution in [-0.2, 0) is 5.41 Å². The molecule has 0 N–H and O–H groups in total. The zero-order valence-corrected chi connectivity index (χ0v) is 17.1. The van der Waals surface area contributed by atoms with Crippen LogP contribution in [0.15, 0.2) is 95.4 Å². The quantitative estimate of drug-likeness (QED) is 0.302. The molecule has 4 aromatic carbocycles. The minimum atomic E-state index is 0.0972. The lowest BCUT2D eigenvalue weighted by molar-refractivity contribution is 0.587. The first kappa shape index (κ1) is 17.8. The molecule has 5 aromatic rings. The molecular formula is C28H24O. The Bertz CT molecular complexity index is 1320. The molecule has 0 bridgehead atoms. The van der Waals surface area contributed by atoms with E-state index in [1.807, 2.05) is 6.07 Å². The topological polar surface area (TPSA) is 13.1 Å². The molecule has 0 radical (unpaired) electrons. The molecule has 0 fully saturated rings. The van der Waals surface area contributed by atoms with Crippen LogP contribution in [0, 0.1) is 0 Å². The van der Waals surface area contributed by atoms with Crippen molar-refractivity contribution in [1.29, 1.82) is 0 Å². The number of rotatable bonds is 2. The van der Waals surface area contributed by atoms with E-state index in [0.717, 1.165) is 16.7 Å². The molecule has 1 aromatic heterocycles. The average Bonchev–Trinajstić information content (AvgIpc) is 3.12. The van der Waals surface area contributed by atoms with Gasteiger partial charge in [0.15, 0.2) is 0 Å². The molecule has 0 atom stereocenters. The largest absolute Gasteiger partial charge is 0.455 e. The molecule has 1 heterocycles. The van der Waals surface area contributed by atoms with Gasteiger partial charge in [0.25, 0.3) is 0 Å². The molecule has 0 aliphatic rings. The Morgan fingerprint density at radius 3 is 2.10 bits per heavy atom. The normalized spacial score (nSPS) is 12.0. The predicted molar refractivity (Wildman–Crippen MR) is 123 cm³/mol. The Morgan fingerprint density at radius 2 is 1.31 bits per heavy atom. The van der Waals surface area contributed by atoms with Crippen LogP contribution in [0.2, 0.25) is 0 Å². The van der Waals surface area contributed by atoms with Crippen molar-refractivity contribution < 1.29 is 4.42 Å². The van der Waals surface area contributed by atoms with Gasteiger partial charge in [-0.25, -0.2) is 0 Å². The number of hydrogen-bond acceptors (Lipinski definition) is 1. The Balaban J connectivity index is 1.70. The second-order valence-corrected chi connectivity index (χ2v) is 8.69. The fourth-order valence-corrected chi connectivity index (χ4v) is 3.99. The number of furan rings is 1. The highest BCUT2D eigenvalue weighted by Gasteiger charge is 2.17. The van der Waals surface area contributed by atoms with Gasteiger partial charge in [-0.15, -0.1) is 0 Å². The van der Waals surface area contributed by atoms with E-state index in [1.165, 1.54) is 33.0 Å². The molecule has 0 spiro atoms. The summed E-state index contributed by atoms with van der Waals surface area (Å²) in [5, 5.41) is 2.34. The fourth-order valence-electron chi connectivity index (χ4n) is 3.99. The maximum absolute atomic E-state index is 6.42. The first-order valence-corrected chi connectivity index (χ1v) is 10.1. The van der Waals surface area contributed by atoms with Gasteiger partial charge in [-0.2, -0.15) is 0 Å². The lowest BCUT2D eigenvalue weighted by Gasteiger charge is -2.18. The van der Waals surface area contributed by atoms with Crippen molar-refractivity contribution >= 4 is 21.9 Å². The Kier molecular flexibility index (Phi) is 4.06. The Morgan fingerprint density at radius 1 is 0.586 bits per heavy atom. The van der Waals surface area contributed by atoms with E-state index in [0.29, 0.717) is 0 Å². The summed E-state index contributed by atoms with van der Waals surface area (Å²) in [6.45, 7) is 6.70. The molecule has 0 unspecified atom stereocenters. The van der Waals surface area contributed by atoms with Crippen LogP contribution >= 0.6 is 0 Å². The summed E-state index contributed by atoms with van der Waals surface area (Å²) in [6, 6.07) is 32.2. The average molecular weight is 376 g/mol. The monoisotopic (exact) mass is 376 g/mol. The zero-order chi connectivity index (χ0) is 20.0. The molecule has 0 aliphatic carbocycles. The summed E-state index contributed by atoms with van der Waals surface area (Å²) in [6.07, 6.45) is 0. The summed E-state index contributed by atoms with van der Waals surface area (Å²) >= 11 is 0. The van der Waals surface area contributed by atoms with Crippen molar-refractivity contribution in [3.05, 3.63) is 96.6 Å². The maximum atomic E-state index is 6.42. The summed E-state index contributed by atoms with van der Waals surface area (Å²) in [5.41, 5.74) is 8.04. The van der Waals surface area contributed by atoms with Gasteiger partial charge in [0.2, 0.25) is 0 Å². The predicted octanol–water partition coefficient (Wildman–Crippen LogP) is 8.22. The second kappa shape index (κ2) is 6.63. The number of hydrogen-bond donors (Lipinski definition) is 0. The van der Waals surface area contributed by atoms with E-state index >= 15 is 0 Å². The standard InChI is InChI=1S/C28H24O/c1-28(2,3)22-15-16-24-25-14-8-13-23(27(25)29-26(24)18-22)21-12-7-11-20(17-21)19-9-5-4-6-10-19/h4-18H,1-3H3. The van der Waals surface area contributed by atoms with Gasteiger partial charge < -0.3 is 4.42 Å². The first-order chi connectivity index (χ1) is 14.0. The highest BCUT2D eigenvalue weighted by molar-refractivity contribution is 6.09. The molecule has 0 saturated carbocycles. The van der Waals surface area contributed by atoms with E-state index in [4.69, 9.17) is 4.42 Å². The van der Waals surface area contributed by atoms with Gasteiger partial charge in [0.05, 0.1) is 0 Å². The third-order valence-corrected chi connectivity index (χ3v) is 5.65. The van der Waals surface area contributed by atoms with Crippen molar-refractivity contribution in [2.75, 3.05) is 0 Å². The van der Waals surface area contributed by atoms with Crippen molar-refractivity contribution in [2.45, 2.75) is 26.2 Å². The second-order valence-electron chi connectivity index (χ2n) is 8.69. The summed E-state index contributed by atoms with van der Waals surface area (Å²) in [5.74, 6) is 0. The van der Waals surface area contributed by atoms with E-state index in [9.17, 15) is 0 Å². The first-order valence-electron chi connectivity index (χ1n) is 10.1. The smallest absolute Gasteiger partial charge is 0.143 e. The van der Waals surface area contributed by atoms with Crippen LogP contribution < -0.4 is 0 Å². The van der Waals surface area contributed by atoms with Gasteiger partial charge in [0, 0.05) is 16.3 Å². The Labute approximate surface area is 171 Å². The summed E-state index contributed by atoms with van der Waals surface area (Å²) < 4.78 is 6.42. The van der Waals surface area contributed by atoms with Crippen molar-refractivity contribution in [3.63, 3.8) is 0 Å². The van der Waals surface area contributed by atoms with E-state index < -0.39 is 0 Å². The van der Waals surface area contributed by atoms with Crippen LogP contribution in [0.5, 0.6) is 0 Å². The van der Waals surface area contributed by atoms with Crippen LogP contribution in [0.1, 0.15) is 26.3 Å². The highest BCUT2D eigenvalue weighted by Crippen LogP contribution is 2.38. The van der Waals surface area contributed by atoms with E-state index in [2.05, 4.69) is 106 Å². The summed E-state index contributed by atoms with van der Waals surface area (Å²) in [7, 11) is 0. The lowest BCUT2D eigenvalue weighted by Crippen LogP contribution is -2.10. The zero-order valence-electron chi connectivity index (χ0n) is 17.1. The van der Waals surface area contributed by atoms with E-state index in [-0.39, 0.29) is 5.41 Å². The van der Waals surface area contributed by atoms with Crippen molar-refractivity contribution in [3.8, 4) is 22.3 Å². The van der Waals surface area contributed by atoms with Gasteiger partial charge >= 0.3 is 0 Å². The SMILES string of the molecule is CC(C)(C)c1ccc2c(c1)oc1c(-c3cccc(-c4ccccc4)c3)cccc12. The van der Waals surface area contributed by atoms with Crippen LogP contribution in [0.25, 0.3) is 44.2 Å². The van der Waals surface area contributed by atoms with Gasteiger partial charge in [-0.05, 0) is 39.8 Å². The van der Waals surface area contributed by atoms with Crippen molar-refractivity contribution in [1.82, 2.24) is 0 Å². The van der Waals surface area contributed by atoms with Crippen LogP contribution in [0.3, 0.4) is 0 Å². The number of para-hydroxylation sites is 1.